The number of anilines is 3. The van der Waals surface area contributed by atoms with Crippen molar-refractivity contribution in [1.82, 2.24) is 4.98 Å². The minimum Gasteiger partial charge on any atom is -0.481 e. The van der Waals surface area contributed by atoms with Crippen molar-refractivity contribution in [2.75, 3.05) is 50.2 Å². The molecule has 1 aromatic heterocycles. The molecule has 2 aromatic rings. The van der Waals surface area contributed by atoms with Gasteiger partial charge in [0.2, 0.25) is 5.88 Å². The molecule has 2 saturated heterocycles. The molecule has 10 nitrogen and oxygen atoms in total. The molecule has 3 heterocycles. The zero-order valence-electron chi connectivity index (χ0n) is 18.1. The van der Waals surface area contributed by atoms with E-state index in [2.05, 4.69) is 15.2 Å². The molecule has 172 valence electrons. The van der Waals surface area contributed by atoms with Crippen LogP contribution in [0.3, 0.4) is 0 Å². The van der Waals surface area contributed by atoms with Crippen molar-refractivity contribution in [3.05, 3.63) is 46.6 Å². The van der Waals surface area contributed by atoms with Gasteiger partial charge in [-0.25, -0.2) is 4.98 Å². The van der Waals surface area contributed by atoms with E-state index in [4.69, 9.17) is 18.9 Å². The molecule has 0 radical (unpaired) electrons. The fourth-order valence-electron chi connectivity index (χ4n) is 3.69. The summed E-state index contributed by atoms with van der Waals surface area (Å²) in [6, 6.07) is 9.24. The molecule has 1 aromatic carbocycles. The van der Waals surface area contributed by atoms with Crippen LogP contribution in [0.25, 0.3) is 0 Å². The lowest BCUT2D eigenvalue weighted by atomic mass is 10.1. The predicted molar refractivity (Wildman–Crippen MR) is 119 cm³/mol. The molecule has 2 aliphatic rings. The molecule has 0 spiro atoms. The molecule has 1 atom stereocenters. The normalized spacial score (nSPS) is 18.8. The standard InChI is InChI=1S/C22H28N4O6/c1-29-21-12-19(20(13-23-21)26(27)28)24-16-5-7-17(8-6-16)25-14-18(15-25)30-10-11-32-22-4-2-3-9-31-22/h5-8,12-13,18,22H,2-4,9-11,14-15H2,1H3,(H,23,24). The van der Waals surface area contributed by atoms with Gasteiger partial charge in [-0.05, 0) is 43.5 Å². The quantitative estimate of drug-likeness (QED) is 0.335. The Hall–Kier alpha value is -2.95. The lowest BCUT2D eigenvalue weighted by molar-refractivity contribution is -0.384. The van der Waals surface area contributed by atoms with Gasteiger partial charge in [-0.1, -0.05) is 0 Å². The van der Waals surface area contributed by atoms with Crippen LogP contribution in [0, 0.1) is 10.1 Å². The number of methoxy groups -OCH3 is 1. The molecule has 0 amide bonds. The summed E-state index contributed by atoms with van der Waals surface area (Å²) in [6.45, 7) is 3.54. The second-order valence-corrected chi connectivity index (χ2v) is 7.74. The van der Waals surface area contributed by atoms with Crippen molar-refractivity contribution < 1.29 is 23.9 Å². The molecular weight excluding hydrogens is 416 g/mol. The summed E-state index contributed by atoms with van der Waals surface area (Å²) in [7, 11) is 1.47. The minimum atomic E-state index is -0.476. The smallest absolute Gasteiger partial charge is 0.311 e. The number of pyridine rings is 1. The van der Waals surface area contributed by atoms with Crippen LogP contribution >= 0.6 is 0 Å². The molecular formula is C22H28N4O6. The van der Waals surface area contributed by atoms with Crippen LogP contribution in [0.1, 0.15) is 19.3 Å². The molecule has 0 aliphatic carbocycles. The fourth-order valence-corrected chi connectivity index (χ4v) is 3.69. The fraction of sp³-hybridized carbons (Fsp3) is 0.500. The first-order valence-electron chi connectivity index (χ1n) is 10.8. The van der Waals surface area contributed by atoms with Crippen LogP contribution in [0.4, 0.5) is 22.7 Å². The monoisotopic (exact) mass is 444 g/mol. The van der Waals surface area contributed by atoms with Gasteiger partial charge in [0.1, 0.15) is 11.9 Å². The number of nitrogens with zero attached hydrogens (tertiary/aromatic N) is 3. The Labute approximate surface area is 186 Å². The summed E-state index contributed by atoms with van der Waals surface area (Å²) in [5.41, 5.74) is 2.02. The topological polar surface area (TPSA) is 108 Å². The lowest BCUT2D eigenvalue weighted by Gasteiger charge is -2.40. The highest BCUT2D eigenvalue weighted by molar-refractivity contribution is 5.71. The Morgan fingerprint density at radius 3 is 2.69 bits per heavy atom. The average molecular weight is 444 g/mol. The van der Waals surface area contributed by atoms with Gasteiger partial charge in [-0.15, -0.1) is 0 Å². The third-order valence-corrected chi connectivity index (χ3v) is 5.50. The number of aromatic nitrogens is 1. The van der Waals surface area contributed by atoms with E-state index in [0.717, 1.165) is 50.3 Å². The first-order chi connectivity index (χ1) is 15.6. The van der Waals surface area contributed by atoms with Crippen LogP contribution in [-0.2, 0) is 14.2 Å². The van der Waals surface area contributed by atoms with Gasteiger partial charge in [-0.3, -0.25) is 10.1 Å². The largest absolute Gasteiger partial charge is 0.481 e. The van der Waals surface area contributed by atoms with E-state index in [0.29, 0.717) is 24.8 Å². The Bertz CT molecular complexity index is 898. The maximum Gasteiger partial charge on any atom is 0.311 e. The first kappa shape index (κ1) is 22.3. The zero-order chi connectivity index (χ0) is 22.3. The van der Waals surface area contributed by atoms with Gasteiger partial charge in [-0.2, -0.15) is 0 Å². The van der Waals surface area contributed by atoms with E-state index in [9.17, 15) is 10.1 Å². The molecule has 4 rings (SSSR count). The number of rotatable bonds is 10. The molecule has 1 N–H and O–H groups in total. The highest BCUT2D eigenvalue weighted by atomic mass is 16.7. The molecule has 10 heteroatoms. The highest BCUT2D eigenvalue weighted by Gasteiger charge is 2.27. The third kappa shape index (κ3) is 5.64. The van der Waals surface area contributed by atoms with Gasteiger partial charge in [0.25, 0.3) is 0 Å². The van der Waals surface area contributed by atoms with Crippen LogP contribution in [0.15, 0.2) is 36.5 Å². The number of nitro groups is 1. The van der Waals surface area contributed by atoms with Crippen molar-refractivity contribution in [2.24, 2.45) is 0 Å². The van der Waals surface area contributed by atoms with E-state index in [1.165, 1.54) is 19.4 Å². The van der Waals surface area contributed by atoms with Crippen molar-refractivity contribution in [3.8, 4) is 5.88 Å². The van der Waals surface area contributed by atoms with Crippen LogP contribution in [-0.4, -0.2) is 62.3 Å². The zero-order valence-corrected chi connectivity index (χ0v) is 18.1. The summed E-state index contributed by atoms with van der Waals surface area (Å²) in [6.07, 6.45) is 4.53. The third-order valence-electron chi connectivity index (χ3n) is 5.50. The van der Waals surface area contributed by atoms with E-state index in [1.807, 2.05) is 24.3 Å². The van der Waals surface area contributed by atoms with Gasteiger partial charge in [0, 0.05) is 37.1 Å². The number of benzene rings is 1. The van der Waals surface area contributed by atoms with E-state index < -0.39 is 4.92 Å². The van der Waals surface area contributed by atoms with E-state index in [1.54, 1.807) is 0 Å². The van der Waals surface area contributed by atoms with Gasteiger partial charge >= 0.3 is 5.69 Å². The second-order valence-electron chi connectivity index (χ2n) is 7.74. The Kier molecular flexibility index (Phi) is 7.35. The van der Waals surface area contributed by atoms with Crippen molar-refractivity contribution in [1.29, 1.82) is 0 Å². The van der Waals surface area contributed by atoms with Crippen LogP contribution in [0.5, 0.6) is 5.88 Å². The van der Waals surface area contributed by atoms with Gasteiger partial charge in [0.15, 0.2) is 6.29 Å². The summed E-state index contributed by atoms with van der Waals surface area (Å²) in [5.74, 6) is 0.304. The maximum absolute atomic E-state index is 11.3. The summed E-state index contributed by atoms with van der Waals surface area (Å²) >= 11 is 0. The van der Waals surface area contributed by atoms with Crippen LogP contribution < -0.4 is 15.0 Å². The summed E-state index contributed by atoms with van der Waals surface area (Å²) in [5, 5.41) is 14.3. The molecule has 1 unspecified atom stereocenters. The summed E-state index contributed by atoms with van der Waals surface area (Å²) < 4.78 is 22.2. The Morgan fingerprint density at radius 1 is 1.22 bits per heavy atom. The van der Waals surface area contributed by atoms with Gasteiger partial charge in [0.05, 0.1) is 31.4 Å². The number of hydrogen-bond acceptors (Lipinski definition) is 9. The minimum absolute atomic E-state index is 0.0768. The Balaban J connectivity index is 1.22. The van der Waals surface area contributed by atoms with Crippen molar-refractivity contribution >= 4 is 22.7 Å². The second kappa shape index (κ2) is 10.6. The number of ether oxygens (including phenoxy) is 4. The molecule has 0 saturated carbocycles. The summed E-state index contributed by atoms with van der Waals surface area (Å²) in [4.78, 5) is 16.9. The SMILES string of the molecule is COc1cc(Nc2ccc(N3CC(OCCOC4CCCCO4)C3)cc2)c([N+](=O)[O-])cn1. The first-order valence-corrected chi connectivity index (χ1v) is 10.8. The molecule has 32 heavy (non-hydrogen) atoms. The average Bonchev–Trinajstić information content (AvgIpc) is 2.79. The van der Waals surface area contributed by atoms with E-state index >= 15 is 0 Å². The highest BCUT2D eigenvalue weighted by Crippen LogP contribution is 2.31. The van der Waals surface area contributed by atoms with Crippen LogP contribution in [0.2, 0.25) is 0 Å². The molecule has 2 fully saturated rings. The molecule has 2 aliphatic heterocycles. The number of nitrogens with one attached hydrogen (secondary N) is 1. The van der Waals surface area contributed by atoms with Crippen molar-refractivity contribution in [3.63, 3.8) is 0 Å². The molecule has 0 bridgehead atoms. The maximum atomic E-state index is 11.3. The van der Waals surface area contributed by atoms with Crippen molar-refractivity contribution in [2.45, 2.75) is 31.7 Å². The predicted octanol–water partition coefficient (Wildman–Crippen LogP) is 3.49. The Morgan fingerprint density at radius 2 is 2.00 bits per heavy atom. The van der Waals surface area contributed by atoms with E-state index in [-0.39, 0.29) is 18.1 Å². The lowest BCUT2D eigenvalue weighted by Crippen LogP contribution is -2.52. The van der Waals surface area contributed by atoms with Gasteiger partial charge < -0.3 is 29.2 Å². The number of hydrogen-bond donors (Lipinski definition) is 1.